The number of carbonyl (C=O) groups is 1. The molecule has 0 bridgehead atoms. The predicted molar refractivity (Wildman–Crippen MR) is 94.9 cm³/mol. The molecular weight excluding hydrogens is 368 g/mol. The topological polar surface area (TPSA) is 45.7 Å². The van der Waals surface area contributed by atoms with Gasteiger partial charge in [0, 0.05) is 38.4 Å². The first kappa shape index (κ1) is 17.8. The van der Waals surface area contributed by atoms with Crippen molar-refractivity contribution in [1.82, 2.24) is 9.88 Å². The van der Waals surface area contributed by atoms with Gasteiger partial charge in [-0.25, -0.2) is 9.37 Å². The summed E-state index contributed by atoms with van der Waals surface area (Å²) < 4.78 is 18.5. The van der Waals surface area contributed by atoms with Gasteiger partial charge >= 0.3 is 0 Å². The van der Waals surface area contributed by atoms with Crippen molar-refractivity contribution in [2.75, 3.05) is 37.7 Å². The Morgan fingerprint density at radius 1 is 1.16 bits per heavy atom. The molecular formula is C17H16Cl2FN3O2. The number of nitrogens with zero attached hydrogens (tertiary/aromatic N) is 3. The van der Waals surface area contributed by atoms with Gasteiger partial charge in [-0.2, -0.15) is 0 Å². The molecule has 1 fully saturated rings. The maximum atomic E-state index is 13.1. The molecule has 0 saturated carbocycles. The lowest BCUT2D eigenvalue weighted by Gasteiger charge is -2.35. The number of benzene rings is 1. The van der Waals surface area contributed by atoms with Crippen molar-refractivity contribution < 1.29 is 13.9 Å². The van der Waals surface area contributed by atoms with Gasteiger partial charge in [-0.3, -0.25) is 4.79 Å². The van der Waals surface area contributed by atoms with E-state index < -0.39 is 5.82 Å². The van der Waals surface area contributed by atoms with Gasteiger partial charge < -0.3 is 14.5 Å². The SMILES string of the molecule is O=C(COc1ccc(F)c(Cl)c1)N1CCN(c2ccc(Cl)cn2)CC1. The van der Waals surface area contributed by atoms with Gasteiger partial charge in [0.1, 0.15) is 17.4 Å². The summed E-state index contributed by atoms with van der Waals surface area (Å²) in [4.78, 5) is 20.4. The third-order valence-corrected chi connectivity index (χ3v) is 4.43. The van der Waals surface area contributed by atoms with Gasteiger partial charge in [0.25, 0.3) is 5.91 Å². The van der Waals surface area contributed by atoms with Crippen LogP contribution < -0.4 is 9.64 Å². The Morgan fingerprint density at radius 3 is 2.56 bits per heavy atom. The van der Waals surface area contributed by atoms with Gasteiger partial charge in [-0.15, -0.1) is 0 Å². The summed E-state index contributed by atoms with van der Waals surface area (Å²) in [5, 5.41) is 0.560. The number of rotatable bonds is 4. The number of halogens is 3. The van der Waals surface area contributed by atoms with Gasteiger partial charge in [0.05, 0.1) is 10.0 Å². The molecule has 1 amide bonds. The molecule has 1 aliphatic rings. The molecule has 2 heterocycles. The number of ether oxygens (including phenoxy) is 1. The summed E-state index contributed by atoms with van der Waals surface area (Å²) >= 11 is 11.5. The lowest BCUT2D eigenvalue weighted by Crippen LogP contribution is -2.50. The highest BCUT2D eigenvalue weighted by atomic mass is 35.5. The summed E-state index contributed by atoms with van der Waals surface area (Å²) in [6.45, 7) is 2.42. The number of aromatic nitrogens is 1. The summed E-state index contributed by atoms with van der Waals surface area (Å²) in [6, 6.07) is 7.66. The second-order valence-corrected chi connectivity index (χ2v) is 6.41. The van der Waals surface area contributed by atoms with Crippen LogP contribution >= 0.6 is 23.2 Å². The zero-order valence-corrected chi connectivity index (χ0v) is 14.8. The van der Waals surface area contributed by atoms with E-state index in [1.807, 2.05) is 6.07 Å². The molecule has 0 spiro atoms. The number of hydrogen-bond donors (Lipinski definition) is 0. The number of amides is 1. The molecule has 0 atom stereocenters. The van der Waals surface area contributed by atoms with Crippen LogP contribution in [0.2, 0.25) is 10.0 Å². The molecule has 8 heteroatoms. The van der Waals surface area contributed by atoms with E-state index in [1.165, 1.54) is 18.2 Å². The van der Waals surface area contributed by atoms with E-state index >= 15 is 0 Å². The molecule has 0 aliphatic carbocycles. The second kappa shape index (κ2) is 7.89. The molecule has 132 valence electrons. The first-order chi connectivity index (χ1) is 12.0. The van der Waals surface area contributed by atoms with Crippen LogP contribution in [0.25, 0.3) is 0 Å². The average molecular weight is 384 g/mol. The smallest absolute Gasteiger partial charge is 0.260 e. The summed E-state index contributed by atoms with van der Waals surface area (Å²) in [7, 11) is 0. The lowest BCUT2D eigenvalue weighted by atomic mass is 10.3. The van der Waals surface area contributed by atoms with Gasteiger partial charge in [0.15, 0.2) is 6.61 Å². The Bertz CT molecular complexity index is 750. The third-order valence-electron chi connectivity index (χ3n) is 3.92. The molecule has 3 rings (SSSR count). The van der Waals surface area contributed by atoms with Crippen LogP contribution in [0.15, 0.2) is 36.5 Å². The normalized spacial score (nSPS) is 14.5. The van der Waals surface area contributed by atoms with Crippen LogP contribution in [-0.4, -0.2) is 48.6 Å². The Hall–Kier alpha value is -2.05. The van der Waals surface area contributed by atoms with Crippen molar-refractivity contribution >= 4 is 34.9 Å². The molecule has 1 saturated heterocycles. The van der Waals surface area contributed by atoms with E-state index in [-0.39, 0.29) is 17.5 Å². The number of carbonyl (C=O) groups excluding carboxylic acids is 1. The third kappa shape index (κ3) is 4.52. The van der Waals surface area contributed by atoms with E-state index in [0.717, 1.165) is 5.82 Å². The lowest BCUT2D eigenvalue weighted by molar-refractivity contribution is -0.133. The minimum atomic E-state index is -0.521. The highest BCUT2D eigenvalue weighted by molar-refractivity contribution is 6.31. The summed E-state index contributed by atoms with van der Waals surface area (Å²) in [5.41, 5.74) is 0. The molecule has 0 N–H and O–H groups in total. The van der Waals surface area contributed by atoms with Crippen molar-refractivity contribution in [1.29, 1.82) is 0 Å². The standard InChI is InChI=1S/C17H16Cl2FN3O2/c18-12-1-4-16(21-10-12)22-5-7-23(8-6-22)17(24)11-25-13-2-3-15(20)14(19)9-13/h1-4,9-10H,5-8,11H2. The molecule has 25 heavy (non-hydrogen) atoms. The molecule has 1 aromatic carbocycles. The zero-order valence-electron chi connectivity index (χ0n) is 13.3. The van der Waals surface area contributed by atoms with E-state index in [2.05, 4.69) is 9.88 Å². The van der Waals surface area contributed by atoms with Gasteiger partial charge in [-0.05, 0) is 24.3 Å². The highest BCUT2D eigenvalue weighted by Gasteiger charge is 2.22. The molecule has 0 unspecified atom stereocenters. The number of piperazine rings is 1. The van der Waals surface area contributed by atoms with E-state index in [9.17, 15) is 9.18 Å². The maximum absolute atomic E-state index is 13.1. The van der Waals surface area contributed by atoms with Crippen LogP contribution in [0.3, 0.4) is 0 Å². The van der Waals surface area contributed by atoms with Crippen LogP contribution in [0.4, 0.5) is 10.2 Å². The summed E-state index contributed by atoms with van der Waals surface area (Å²) in [6.07, 6.45) is 1.61. The fourth-order valence-electron chi connectivity index (χ4n) is 2.54. The fraction of sp³-hybridized carbons (Fsp3) is 0.294. The first-order valence-corrected chi connectivity index (χ1v) is 8.50. The number of anilines is 1. The van der Waals surface area contributed by atoms with Crippen molar-refractivity contribution in [3.05, 3.63) is 52.4 Å². The molecule has 1 aliphatic heterocycles. The Kier molecular flexibility index (Phi) is 5.60. The Morgan fingerprint density at radius 2 is 1.92 bits per heavy atom. The van der Waals surface area contributed by atoms with Crippen molar-refractivity contribution in [3.63, 3.8) is 0 Å². The zero-order chi connectivity index (χ0) is 17.8. The molecule has 0 radical (unpaired) electrons. The molecule has 2 aromatic rings. The number of hydrogen-bond acceptors (Lipinski definition) is 4. The highest BCUT2D eigenvalue weighted by Crippen LogP contribution is 2.21. The van der Waals surface area contributed by atoms with E-state index in [4.69, 9.17) is 27.9 Å². The Labute approximate surface area is 154 Å². The predicted octanol–water partition coefficient (Wildman–Crippen LogP) is 3.26. The number of pyridine rings is 1. The van der Waals surface area contributed by atoms with Crippen molar-refractivity contribution in [3.8, 4) is 5.75 Å². The molecule has 5 nitrogen and oxygen atoms in total. The molecule has 1 aromatic heterocycles. The van der Waals surface area contributed by atoms with Crippen molar-refractivity contribution in [2.24, 2.45) is 0 Å². The summed E-state index contributed by atoms with van der Waals surface area (Å²) in [5.74, 6) is 0.564. The van der Waals surface area contributed by atoms with Crippen LogP contribution in [-0.2, 0) is 4.79 Å². The van der Waals surface area contributed by atoms with Gasteiger partial charge in [0.2, 0.25) is 0 Å². The monoisotopic (exact) mass is 383 g/mol. The maximum Gasteiger partial charge on any atom is 0.260 e. The minimum absolute atomic E-state index is 0.0333. The van der Waals surface area contributed by atoms with Gasteiger partial charge in [-0.1, -0.05) is 23.2 Å². The first-order valence-electron chi connectivity index (χ1n) is 7.75. The minimum Gasteiger partial charge on any atom is -0.484 e. The van der Waals surface area contributed by atoms with Crippen LogP contribution in [0, 0.1) is 5.82 Å². The van der Waals surface area contributed by atoms with Crippen LogP contribution in [0.5, 0.6) is 5.75 Å². The van der Waals surface area contributed by atoms with Crippen molar-refractivity contribution in [2.45, 2.75) is 0 Å². The van der Waals surface area contributed by atoms with Crippen LogP contribution in [0.1, 0.15) is 0 Å². The average Bonchev–Trinajstić information content (AvgIpc) is 2.63. The largest absolute Gasteiger partial charge is 0.484 e. The van der Waals surface area contributed by atoms with E-state index in [0.29, 0.717) is 37.0 Å². The Balaban J connectivity index is 1.49. The van der Waals surface area contributed by atoms with E-state index in [1.54, 1.807) is 17.2 Å². The fourth-order valence-corrected chi connectivity index (χ4v) is 2.83. The second-order valence-electron chi connectivity index (χ2n) is 5.57. The quantitative estimate of drug-likeness (QED) is 0.812.